The molecule has 0 unspecified atom stereocenters. The van der Waals surface area contributed by atoms with Gasteiger partial charge in [-0.25, -0.2) is 9.48 Å². The quantitative estimate of drug-likeness (QED) is 0.121. The minimum Gasteiger partial charge on any atom is -0.492 e. The molecule has 2 atom stereocenters. The van der Waals surface area contributed by atoms with Crippen molar-refractivity contribution in [2.24, 2.45) is 0 Å². The second-order valence-corrected chi connectivity index (χ2v) is 17.2. The lowest BCUT2D eigenvalue weighted by Gasteiger charge is -2.32. The Balaban J connectivity index is 0.930. The van der Waals surface area contributed by atoms with Crippen molar-refractivity contribution < 1.29 is 14.3 Å². The number of aryl methyl sites for hydroxylation is 1. The van der Waals surface area contributed by atoms with Crippen LogP contribution in [0.25, 0.3) is 11.3 Å². The van der Waals surface area contributed by atoms with E-state index in [1.807, 2.05) is 24.3 Å². The lowest BCUT2D eigenvalue weighted by atomic mass is 9.77. The lowest BCUT2D eigenvalue weighted by molar-refractivity contribution is 0.0358. The molecular formula is C44H56ClN9O3. The summed E-state index contributed by atoms with van der Waals surface area (Å²) in [5.74, 6) is 2.52. The zero-order valence-electron chi connectivity index (χ0n) is 33.6. The number of amides is 2. The molecule has 8 rings (SSSR count). The summed E-state index contributed by atoms with van der Waals surface area (Å²) in [4.78, 5) is 18.6. The number of aromatic nitrogens is 5. The van der Waals surface area contributed by atoms with Crippen LogP contribution in [0.5, 0.6) is 5.75 Å². The summed E-state index contributed by atoms with van der Waals surface area (Å²) in [7, 11) is 0. The molecule has 0 saturated carbocycles. The van der Waals surface area contributed by atoms with Crippen molar-refractivity contribution in [3.8, 4) is 11.4 Å². The Bertz CT molecular complexity index is 2150. The highest BCUT2D eigenvalue weighted by Crippen LogP contribution is 2.40. The molecule has 2 aliphatic heterocycles. The number of urea groups is 1. The minimum absolute atomic E-state index is 0.107. The molecule has 0 radical (unpaired) electrons. The van der Waals surface area contributed by atoms with Crippen LogP contribution >= 0.6 is 11.6 Å². The van der Waals surface area contributed by atoms with E-state index in [0.717, 1.165) is 101 Å². The first-order valence-electron chi connectivity index (χ1n) is 20.8. The number of nitrogens with one attached hydrogen (secondary N) is 2. The van der Waals surface area contributed by atoms with Gasteiger partial charge in [-0.1, -0.05) is 62.7 Å². The normalized spacial score (nSPS) is 19.1. The fraction of sp³-hybridized carbons (Fsp3) is 0.500. The molecule has 3 aliphatic rings. The van der Waals surface area contributed by atoms with Gasteiger partial charge in [0.2, 0.25) is 5.95 Å². The van der Waals surface area contributed by atoms with Crippen LogP contribution < -0.4 is 20.3 Å². The molecular weight excluding hydrogens is 738 g/mol. The standard InChI is InChI=1S/C44H56ClN9O3/c1-44(2,3)39-29-41(54(50-39)33-16-17-36(45)38(28-33)57-25-9-20-51-23-26-56-27-24-51)47-42(55)46-37-18-15-32(34-10-5-6-11-35(34)37)14-12-31-13-19-40-48-49-43(53(40)30-31)52-21-7-4-8-22-52/h5-6,10-11,13,16-17,19,28-30,32,37H,4,7-9,12,14-15,18,20-27H2,1-3H3,(H2,46,47,55)/t32-,37+/m1/s1. The molecule has 12 nitrogen and oxygen atoms in total. The predicted molar refractivity (Wildman–Crippen MR) is 225 cm³/mol. The average Bonchev–Trinajstić information content (AvgIpc) is 3.85. The van der Waals surface area contributed by atoms with Crippen molar-refractivity contribution in [1.82, 2.24) is 34.6 Å². The first kappa shape index (κ1) is 39.2. The molecule has 2 N–H and O–H groups in total. The van der Waals surface area contributed by atoms with Gasteiger partial charge < -0.3 is 19.7 Å². The molecule has 0 bridgehead atoms. The van der Waals surface area contributed by atoms with Gasteiger partial charge in [0.05, 0.1) is 42.3 Å². The first-order chi connectivity index (χ1) is 27.7. The van der Waals surface area contributed by atoms with E-state index in [9.17, 15) is 4.79 Å². The summed E-state index contributed by atoms with van der Waals surface area (Å²) < 4.78 is 15.6. The monoisotopic (exact) mass is 793 g/mol. The Kier molecular flexibility index (Phi) is 12.0. The molecule has 5 heterocycles. The van der Waals surface area contributed by atoms with Crippen molar-refractivity contribution in [1.29, 1.82) is 0 Å². The highest BCUT2D eigenvalue weighted by atomic mass is 35.5. The number of halogens is 1. The van der Waals surface area contributed by atoms with Gasteiger partial charge in [-0.3, -0.25) is 14.6 Å². The Hall–Kier alpha value is -4.65. The van der Waals surface area contributed by atoms with E-state index in [2.05, 4.69) is 98.4 Å². The van der Waals surface area contributed by atoms with Gasteiger partial charge in [-0.05, 0) is 92.2 Å². The first-order valence-corrected chi connectivity index (χ1v) is 21.2. The largest absolute Gasteiger partial charge is 0.492 e. The number of carbonyl (C=O) groups excluding carboxylic acids is 1. The van der Waals surface area contributed by atoms with Crippen molar-refractivity contribution in [3.05, 3.63) is 94.3 Å². The second-order valence-electron chi connectivity index (χ2n) is 16.8. The molecule has 3 aromatic heterocycles. The number of nitrogens with zero attached hydrogens (tertiary/aromatic N) is 7. The Morgan fingerprint density at radius 1 is 0.947 bits per heavy atom. The van der Waals surface area contributed by atoms with E-state index < -0.39 is 0 Å². The summed E-state index contributed by atoms with van der Waals surface area (Å²) >= 11 is 6.60. The molecule has 13 heteroatoms. The number of benzene rings is 2. The number of rotatable bonds is 12. The van der Waals surface area contributed by atoms with Gasteiger partial charge >= 0.3 is 6.03 Å². The van der Waals surface area contributed by atoms with Gasteiger partial charge in [-0.15, -0.1) is 10.2 Å². The summed E-state index contributed by atoms with van der Waals surface area (Å²) in [6.45, 7) is 13.4. The summed E-state index contributed by atoms with van der Waals surface area (Å²) in [6, 6.07) is 20.1. The number of carbonyl (C=O) groups is 1. The van der Waals surface area contributed by atoms with Crippen molar-refractivity contribution >= 4 is 35.0 Å². The van der Waals surface area contributed by atoms with Gasteiger partial charge in [0, 0.05) is 56.5 Å². The Morgan fingerprint density at radius 3 is 2.56 bits per heavy atom. The number of anilines is 2. The van der Waals surface area contributed by atoms with Crippen LogP contribution in [-0.4, -0.2) is 87.9 Å². The van der Waals surface area contributed by atoms with Gasteiger partial charge in [0.15, 0.2) is 5.65 Å². The predicted octanol–water partition coefficient (Wildman–Crippen LogP) is 8.33. The molecule has 2 aromatic carbocycles. The zero-order valence-corrected chi connectivity index (χ0v) is 34.3. The van der Waals surface area contributed by atoms with E-state index in [0.29, 0.717) is 29.1 Å². The summed E-state index contributed by atoms with van der Waals surface area (Å²) in [6.07, 6.45) is 10.6. The number of ether oxygens (including phenoxy) is 2. The maximum absolute atomic E-state index is 13.8. The lowest BCUT2D eigenvalue weighted by Crippen LogP contribution is -2.37. The molecule has 0 spiro atoms. The third-order valence-corrected chi connectivity index (χ3v) is 12.0. The fourth-order valence-electron chi connectivity index (χ4n) is 8.42. The van der Waals surface area contributed by atoms with E-state index in [1.54, 1.807) is 4.68 Å². The van der Waals surface area contributed by atoms with Gasteiger partial charge in [0.1, 0.15) is 11.6 Å². The molecule has 57 heavy (non-hydrogen) atoms. The van der Waals surface area contributed by atoms with Crippen LogP contribution in [-0.2, 0) is 16.6 Å². The van der Waals surface area contributed by atoms with Crippen LogP contribution in [0.3, 0.4) is 0 Å². The van der Waals surface area contributed by atoms with Crippen molar-refractivity contribution in [3.63, 3.8) is 0 Å². The summed E-state index contributed by atoms with van der Waals surface area (Å²) in [5.41, 5.74) is 6.05. The Labute approximate surface area is 340 Å². The second kappa shape index (κ2) is 17.5. The van der Waals surface area contributed by atoms with E-state index >= 15 is 0 Å². The zero-order chi connectivity index (χ0) is 39.4. The Morgan fingerprint density at radius 2 is 1.75 bits per heavy atom. The van der Waals surface area contributed by atoms with E-state index in [1.165, 1.54) is 36.0 Å². The summed E-state index contributed by atoms with van der Waals surface area (Å²) in [5, 5.41) is 20.9. The van der Waals surface area contributed by atoms with Gasteiger partial charge in [-0.2, -0.15) is 5.10 Å². The number of hydrogen-bond donors (Lipinski definition) is 2. The molecule has 5 aromatic rings. The van der Waals surface area contributed by atoms with Crippen LogP contribution in [0.4, 0.5) is 16.6 Å². The van der Waals surface area contributed by atoms with Crippen LogP contribution in [0.2, 0.25) is 5.02 Å². The number of morpholine rings is 1. The SMILES string of the molecule is CC(C)(C)c1cc(NC(=O)N[C@H]2CC[C@@H](CCc3ccc4nnc(N5CCCCC5)n4c3)c3ccccc32)n(-c2ccc(Cl)c(OCCCN3CCOCC3)c2)n1. The van der Waals surface area contributed by atoms with Crippen LogP contribution in [0.1, 0.15) is 100 Å². The molecule has 2 saturated heterocycles. The van der Waals surface area contributed by atoms with Crippen molar-refractivity contribution in [2.45, 2.75) is 89.5 Å². The number of hydrogen-bond acceptors (Lipinski definition) is 8. The minimum atomic E-state index is -0.268. The third kappa shape index (κ3) is 9.24. The maximum Gasteiger partial charge on any atom is 0.320 e. The average molecular weight is 794 g/mol. The van der Waals surface area contributed by atoms with Crippen LogP contribution in [0.15, 0.2) is 66.9 Å². The van der Waals surface area contributed by atoms with Gasteiger partial charge in [0.25, 0.3) is 0 Å². The smallest absolute Gasteiger partial charge is 0.320 e. The highest BCUT2D eigenvalue weighted by Gasteiger charge is 2.29. The number of fused-ring (bicyclic) bond motifs is 2. The highest BCUT2D eigenvalue weighted by molar-refractivity contribution is 6.32. The third-order valence-electron chi connectivity index (χ3n) is 11.6. The maximum atomic E-state index is 13.8. The molecule has 2 amide bonds. The van der Waals surface area contributed by atoms with Crippen molar-refractivity contribution in [2.75, 3.05) is 62.8 Å². The molecule has 2 fully saturated rings. The van der Waals surface area contributed by atoms with E-state index in [4.69, 9.17) is 26.2 Å². The number of pyridine rings is 1. The molecule has 302 valence electrons. The van der Waals surface area contributed by atoms with E-state index in [-0.39, 0.29) is 17.5 Å². The fourth-order valence-corrected chi connectivity index (χ4v) is 8.60. The topological polar surface area (TPSA) is 114 Å². The molecule has 1 aliphatic carbocycles. The number of piperidine rings is 1. The van der Waals surface area contributed by atoms with Crippen LogP contribution in [0, 0.1) is 0 Å².